The number of benzene rings is 2. The van der Waals surface area contributed by atoms with Crippen molar-refractivity contribution >= 4 is 11.6 Å². The summed E-state index contributed by atoms with van der Waals surface area (Å²) in [4.78, 5) is 21.3. The molecule has 4 rings (SSSR count). The van der Waals surface area contributed by atoms with E-state index >= 15 is 0 Å². The molecule has 0 aliphatic rings. The van der Waals surface area contributed by atoms with E-state index in [9.17, 15) is 13.6 Å². The third-order valence-electron chi connectivity index (χ3n) is 5.30. The number of carbonyl (C=O) groups excluding carboxylic acids is 1. The van der Waals surface area contributed by atoms with Crippen LogP contribution in [0.1, 0.15) is 24.5 Å². The molecule has 0 fully saturated rings. The van der Waals surface area contributed by atoms with Crippen molar-refractivity contribution in [3.05, 3.63) is 84.4 Å². The molecule has 0 bridgehead atoms. The quantitative estimate of drug-likeness (QED) is 0.421. The van der Waals surface area contributed by atoms with E-state index < -0.39 is 5.92 Å². The molecule has 6 nitrogen and oxygen atoms in total. The zero-order valence-corrected chi connectivity index (χ0v) is 18.3. The highest BCUT2D eigenvalue weighted by Crippen LogP contribution is 2.31. The van der Waals surface area contributed by atoms with Crippen LogP contribution in [0, 0.1) is 0 Å². The lowest BCUT2D eigenvalue weighted by Crippen LogP contribution is -2.15. The van der Waals surface area contributed by atoms with Gasteiger partial charge in [-0.1, -0.05) is 43.3 Å². The second-order valence-corrected chi connectivity index (χ2v) is 7.71. The first kappa shape index (κ1) is 22.3. The number of anilines is 1. The average Bonchev–Trinajstić information content (AvgIpc) is 3.26. The molecule has 0 spiro atoms. The summed E-state index contributed by atoms with van der Waals surface area (Å²) in [6, 6.07) is 13.2. The monoisotopic (exact) mass is 447 g/mol. The smallest absolute Gasteiger partial charge is 0.273 e. The Kier molecular flexibility index (Phi) is 6.26. The summed E-state index contributed by atoms with van der Waals surface area (Å²) in [7, 11) is 1.84. The summed E-state index contributed by atoms with van der Waals surface area (Å²) in [6.07, 6.45) is 6.70. The fourth-order valence-electron chi connectivity index (χ4n) is 3.48. The lowest BCUT2D eigenvalue weighted by molar-refractivity contribution is -0.115. The predicted octanol–water partition coefficient (Wildman–Crippen LogP) is 5.23. The van der Waals surface area contributed by atoms with Crippen molar-refractivity contribution < 1.29 is 13.6 Å². The number of nitrogens with zero attached hydrogens (tertiary/aromatic N) is 4. The molecule has 168 valence electrons. The van der Waals surface area contributed by atoms with Gasteiger partial charge in [-0.05, 0) is 17.7 Å². The number of hydrogen-bond donors (Lipinski definition) is 1. The van der Waals surface area contributed by atoms with Crippen molar-refractivity contribution in [2.24, 2.45) is 7.05 Å². The molecule has 0 unspecified atom stereocenters. The predicted molar refractivity (Wildman–Crippen MR) is 123 cm³/mol. The zero-order valence-electron chi connectivity index (χ0n) is 18.3. The van der Waals surface area contributed by atoms with Crippen LogP contribution in [0.15, 0.2) is 73.3 Å². The zero-order chi connectivity index (χ0) is 23.4. The molecule has 33 heavy (non-hydrogen) atoms. The van der Waals surface area contributed by atoms with Crippen LogP contribution in [-0.4, -0.2) is 25.7 Å². The Labute approximate surface area is 190 Å². The number of aromatic nitrogens is 4. The molecule has 0 aliphatic heterocycles. The lowest BCUT2D eigenvalue weighted by atomic mass is 10.0. The number of hydrogen-bond acceptors (Lipinski definition) is 4. The van der Waals surface area contributed by atoms with Gasteiger partial charge in [0.1, 0.15) is 0 Å². The van der Waals surface area contributed by atoms with Crippen LogP contribution >= 0.6 is 0 Å². The fraction of sp³-hybridized carbons (Fsp3) is 0.200. The number of halogens is 2. The number of aryl methyl sites for hydroxylation is 1. The van der Waals surface area contributed by atoms with Gasteiger partial charge in [-0.3, -0.25) is 19.4 Å². The summed E-state index contributed by atoms with van der Waals surface area (Å²) in [6.45, 7) is 1.44. The number of amides is 1. The van der Waals surface area contributed by atoms with Crippen molar-refractivity contribution in [2.75, 3.05) is 5.32 Å². The first-order valence-corrected chi connectivity index (χ1v) is 10.5. The minimum Gasteiger partial charge on any atom is -0.326 e. The Morgan fingerprint density at radius 2 is 1.61 bits per heavy atom. The first-order valence-electron chi connectivity index (χ1n) is 10.5. The van der Waals surface area contributed by atoms with Crippen LogP contribution < -0.4 is 5.32 Å². The third kappa shape index (κ3) is 5.11. The molecule has 8 heteroatoms. The molecule has 0 radical (unpaired) electrons. The molecular weight excluding hydrogens is 424 g/mol. The van der Waals surface area contributed by atoms with Crippen molar-refractivity contribution in [1.82, 2.24) is 19.7 Å². The number of rotatable bonds is 7. The van der Waals surface area contributed by atoms with Gasteiger partial charge in [0.05, 0.1) is 24.0 Å². The van der Waals surface area contributed by atoms with Gasteiger partial charge >= 0.3 is 0 Å². The van der Waals surface area contributed by atoms with Gasteiger partial charge in [0, 0.05) is 54.4 Å². The van der Waals surface area contributed by atoms with E-state index in [1.807, 2.05) is 25.4 Å². The van der Waals surface area contributed by atoms with Crippen molar-refractivity contribution in [1.29, 1.82) is 0 Å². The molecule has 2 aromatic heterocycles. The average molecular weight is 447 g/mol. The number of alkyl halides is 2. The highest BCUT2D eigenvalue weighted by molar-refractivity contribution is 5.92. The van der Waals surface area contributed by atoms with Crippen LogP contribution in [-0.2, 0) is 24.2 Å². The maximum absolute atomic E-state index is 13.8. The second-order valence-electron chi connectivity index (χ2n) is 7.71. The second kappa shape index (κ2) is 9.28. The largest absolute Gasteiger partial charge is 0.326 e. The fourth-order valence-corrected chi connectivity index (χ4v) is 3.48. The molecule has 1 N–H and O–H groups in total. The van der Waals surface area contributed by atoms with E-state index in [4.69, 9.17) is 0 Å². The van der Waals surface area contributed by atoms with E-state index in [2.05, 4.69) is 20.4 Å². The van der Waals surface area contributed by atoms with Crippen LogP contribution in [0.25, 0.3) is 22.5 Å². The van der Waals surface area contributed by atoms with Crippen LogP contribution in [0.2, 0.25) is 0 Å². The summed E-state index contributed by atoms with van der Waals surface area (Å²) >= 11 is 0. The summed E-state index contributed by atoms with van der Waals surface area (Å²) in [5.74, 6) is -3.09. The van der Waals surface area contributed by atoms with E-state index in [1.165, 1.54) is 19.1 Å². The van der Waals surface area contributed by atoms with E-state index in [-0.39, 0.29) is 24.3 Å². The number of carbonyl (C=O) groups is 1. The van der Waals surface area contributed by atoms with Crippen molar-refractivity contribution in [3.8, 4) is 22.5 Å². The Morgan fingerprint density at radius 3 is 2.18 bits per heavy atom. The topological polar surface area (TPSA) is 72.7 Å². The van der Waals surface area contributed by atoms with Crippen molar-refractivity contribution in [2.45, 2.75) is 25.7 Å². The standard InChI is InChI=1S/C25H23F2N5O/c1-3-25(26,27)20-8-4-17(5-9-20)14-22(33)31-21-10-6-18(7-11-21)23-24(29-13-12-28-23)19-15-30-32(2)16-19/h4-13,15-16H,3,14H2,1-2H3,(H,31,33). The Morgan fingerprint density at radius 1 is 0.970 bits per heavy atom. The summed E-state index contributed by atoms with van der Waals surface area (Å²) in [5.41, 5.74) is 4.41. The summed E-state index contributed by atoms with van der Waals surface area (Å²) < 4.78 is 29.2. The maximum Gasteiger partial charge on any atom is 0.273 e. The van der Waals surface area contributed by atoms with Gasteiger partial charge in [-0.15, -0.1) is 0 Å². The van der Waals surface area contributed by atoms with Gasteiger partial charge in [0.25, 0.3) is 5.92 Å². The molecule has 1 amide bonds. The molecule has 2 aromatic carbocycles. The normalized spacial score (nSPS) is 11.4. The Balaban J connectivity index is 1.44. The van der Waals surface area contributed by atoms with Gasteiger partial charge in [0.2, 0.25) is 5.91 Å². The van der Waals surface area contributed by atoms with Gasteiger partial charge in [-0.2, -0.15) is 5.10 Å². The molecular formula is C25H23F2N5O. The highest BCUT2D eigenvalue weighted by atomic mass is 19.3. The summed E-state index contributed by atoms with van der Waals surface area (Å²) in [5, 5.41) is 7.03. The lowest BCUT2D eigenvalue weighted by Gasteiger charge is -2.14. The minimum atomic E-state index is -2.86. The van der Waals surface area contributed by atoms with E-state index in [0.717, 1.165) is 16.8 Å². The molecule has 4 aromatic rings. The maximum atomic E-state index is 13.8. The Bertz CT molecular complexity index is 1250. The van der Waals surface area contributed by atoms with E-state index in [0.29, 0.717) is 16.9 Å². The van der Waals surface area contributed by atoms with Crippen LogP contribution in [0.4, 0.5) is 14.5 Å². The minimum absolute atomic E-state index is 0.0422. The Hall–Kier alpha value is -3.94. The molecule has 0 saturated heterocycles. The molecule has 0 atom stereocenters. The third-order valence-corrected chi connectivity index (χ3v) is 5.30. The van der Waals surface area contributed by atoms with Crippen LogP contribution in [0.5, 0.6) is 0 Å². The molecule has 0 aliphatic carbocycles. The SMILES string of the molecule is CCC(F)(F)c1ccc(CC(=O)Nc2ccc(-c3nccnc3-c3cnn(C)c3)cc2)cc1. The van der Waals surface area contributed by atoms with Gasteiger partial charge < -0.3 is 5.32 Å². The molecule has 2 heterocycles. The number of nitrogens with one attached hydrogen (secondary N) is 1. The molecule has 0 saturated carbocycles. The van der Waals surface area contributed by atoms with E-state index in [1.54, 1.807) is 47.5 Å². The van der Waals surface area contributed by atoms with Crippen molar-refractivity contribution in [3.63, 3.8) is 0 Å². The highest BCUT2D eigenvalue weighted by Gasteiger charge is 2.28. The van der Waals surface area contributed by atoms with Gasteiger partial charge in [-0.25, -0.2) is 8.78 Å². The van der Waals surface area contributed by atoms with Crippen LogP contribution in [0.3, 0.4) is 0 Å². The van der Waals surface area contributed by atoms with Gasteiger partial charge in [0.15, 0.2) is 0 Å². The first-order chi connectivity index (χ1) is 15.9.